The summed E-state index contributed by atoms with van der Waals surface area (Å²) in [6, 6.07) is 17.9. The van der Waals surface area contributed by atoms with E-state index in [9.17, 15) is 14.9 Å². The van der Waals surface area contributed by atoms with E-state index in [1.54, 1.807) is 67.8 Å². The van der Waals surface area contributed by atoms with Crippen molar-refractivity contribution in [1.82, 2.24) is 10.3 Å². The van der Waals surface area contributed by atoms with Gasteiger partial charge in [0.15, 0.2) is 0 Å². The van der Waals surface area contributed by atoms with Crippen molar-refractivity contribution in [3.63, 3.8) is 0 Å². The van der Waals surface area contributed by atoms with Gasteiger partial charge in [0.1, 0.15) is 0 Å². The molecule has 0 bridgehead atoms. The molecule has 1 aromatic heterocycles. The van der Waals surface area contributed by atoms with E-state index in [1.165, 1.54) is 11.8 Å². The van der Waals surface area contributed by atoms with E-state index in [0.29, 0.717) is 43.3 Å². The number of carbonyl (C=O) groups excluding carboxylic acids is 2. The largest absolute Gasteiger partial charge is 0.353 e. The first-order valence-corrected chi connectivity index (χ1v) is 13.3. The molecule has 0 saturated carbocycles. The van der Waals surface area contributed by atoms with Gasteiger partial charge in [-0.2, -0.15) is 5.26 Å². The molecule has 0 spiro atoms. The number of nitrogens with zero attached hydrogens (tertiary/aromatic N) is 2. The van der Waals surface area contributed by atoms with Crippen molar-refractivity contribution < 1.29 is 9.59 Å². The maximum absolute atomic E-state index is 13.5. The number of benzene rings is 2. The van der Waals surface area contributed by atoms with Gasteiger partial charge in [0.25, 0.3) is 5.91 Å². The van der Waals surface area contributed by atoms with Crippen LogP contribution in [0.4, 0.5) is 11.4 Å². The Morgan fingerprint density at radius 1 is 1.03 bits per heavy atom. The van der Waals surface area contributed by atoms with Crippen molar-refractivity contribution >= 4 is 58.2 Å². The summed E-state index contributed by atoms with van der Waals surface area (Å²) in [5, 5.41) is 20.7. The van der Waals surface area contributed by atoms with E-state index in [-0.39, 0.29) is 17.6 Å². The fraction of sp³-hybridized carbons (Fsp3) is 0.143. The topological polar surface area (TPSA) is 107 Å². The van der Waals surface area contributed by atoms with E-state index in [0.717, 1.165) is 11.1 Å². The van der Waals surface area contributed by atoms with Crippen LogP contribution in [0.3, 0.4) is 0 Å². The number of hydrogen-bond donors (Lipinski definition) is 3. The minimum atomic E-state index is -0.655. The Morgan fingerprint density at radius 3 is 2.37 bits per heavy atom. The average molecular weight is 564 g/mol. The highest BCUT2D eigenvalue weighted by Gasteiger charge is 2.35. The second-order valence-corrected chi connectivity index (χ2v) is 10.3. The molecule has 192 valence electrons. The molecule has 2 heterocycles. The van der Waals surface area contributed by atoms with E-state index in [2.05, 4.69) is 27.0 Å². The second-order valence-electron chi connectivity index (χ2n) is 8.49. The van der Waals surface area contributed by atoms with Gasteiger partial charge in [-0.3, -0.25) is 14.6 Å². The molecule has 38 heavy (non-hydrogen) atoms. The third kappa shape index (κ3) is 6.37. The Balaban J connectivity index is 1.59. The van der Waals surface area contributed by atoms with Gasteiger partial charge in [0.05, 0.1) is 28.3 Å². The summed E-state index contributed by atoms with van der Waals surface area (Å²) in [6.45, 7) is 3.65. The number of allylic oxidation sites excluding steroid dienone is 2. The molecule has 3 aromatic rings. The first-order chi connectivity index (χ1) is 18.3. The third-order valence-electron chi connectivity index (χ3n) is 5.84. The van der Waals surface area contributed by atoms with Gasteiger partial charge in [-0.15, -0.1) is 0 Å². The molecule has 0 saturated heterocycles. The lowest BCUT2D eigenvalue weighted by Gasteiger charge is -2.29. The van der Waals surface area contributed by atoms with Crippen LogP contribution >= 0.6 is 35.0 Å². The number of aromatic nitrogens is 1. The first-order valence-electron chi connectivity index (χ1n) is 11.5. The quantitative estimate of drug-likeness (QED) is 0.307. The predicted molar refractivity (Wildman–Crippen MR) is 153 cm³/mol. The summed E-state index contributed by atoms with van der Waals surface area (Å²) in [7, 11) is 0. The van der Waals surface area contributed by atoms with Crippen LogP contribution in [0.1, 0.15) is 24.0 Å². The van der Waals surface area contributed by atoms with E-state index in [1.807, 2.05) is 13.0 Å². The number of amides is 2. The SMILES string of the molecule is CC1=C(C(=O)Nc2ccc(Cl)cc2)[C@H](c2ccncc2)C(C#N)=C(SCC(=O)Nc2ccc(C)c(Cl)c2)N1. The number of thioether (sulfide) groups is 1. The van der Waals surface area contributed by atoms with Crippen molar-refractivity contribution in [3.8, 4) is 6.07 Å². The Bertz CT molecular complexity index is 1480. The van der Waals surface area contributed by atoms with Gasteiger partial charge in [0.2, 0.25) is 5.91 Å². The monoisotopic (exact) mass is 563 g/mol. The zero-order chi connectivity index (χ0) is 27.2. The molecule has 1 atom stereocenters. The highest BCUT2D eigenvalue weighted by molar-refractivity contribution is 8.03. The van der Waals surface area contributed by atoms with E-state index >= 15 is 0 Å². The zero-order valence-corrected chi connectivity index (χ0v) is 22.8. The van der Waals surface area contributed by atoms with Gasteiger partial charge >= 0.3 is 0 Å². The summed E-state index contributed by atoms with van der Waals surface area (Å²) in [6.07, 6.45) is 3.23. The van der Waals surface area contributed by atoms with Crippen LogP contribution < -0.4 is 16.0 Å². The number of rotatable bonds is 7. The highest BCUT2D eigenvalue weighted by atomic mass is 35.5. The van der Waals surface area contributed by atoms with Crippen LogP contribution in [0.25, 0.3) is 0 Å². The highest BCUT2D eigenvalue weighted by Crippen LogP contribution is 2.40. The average Bonchev–Trinajstić information content (AvgIpc) is 2.90. The molecular formula is C28H23Cl2N5O2S. The van der Waals surface area contributed by atoms with Crippen LogP contribution in [0.2, 0.25) is 10.0 Å². The summed E-state index contributed by atoms with van der Waals surface area (Å²) in [5.41, 5.74) is 4.11. The molecule has 2 aromatic carbocycles. The lowest BCUT2D eigenvalue weighted by atomic mass is 9.82. The minimum Gasteiger partial charge on any atom is -0.353 e. The summed E-state index contributed by atoms with van der Waals surface area (Å²) < 4.78 is 0. The molecule has 10 heteroatoms. The number of carbonyl (C=O) groups is 2. The number of nitriles is 1. The Kier molecular flexibility index (Phi) is 8.74. The lowest BCUT2D eigenvalue weighted by Crippen LogP contribution is -2.31. The number of aryl methyl sites for hydroxylation is 1. The molecule has 1 aliphatic heterocycles. The number of pyridine rings is 1. The molecule has 3 N–H and O–H groups in total. The van der Waals surface area contributed by atoms with Crippen molar-refractivity contribution in [3.05, 3.63) is 110 Å². The van der Waals surface area contributed by atoms with Crippen molar-refractivity contribution in [1.29, 1.82) is 5.26 Å². The number of hydrogen-bond acceptors (Lipinski definition) is 6. The van der Waals surface area contributed by atoms with Gasteiger partial charge in [-0.1, -0.05) is 41.0 Å². The predicted octanol–water partition coefficient (Wildman–Crippen LogP) is 6.40. The van der Waals surface area contributed by atoms with Gasteiger partial charge in [-0.05, 0) is 73.5 Å². The zero-order valence-electron chi connectivity index (χ0n) is 20.5. The molecule has 0 fully saturated rings. The summed E-state index contributed by atoms with van der Waals surface area (Å²) in [5.74, 6) is -1.22. The molecule has 1 aliphatic rings. The maximum Gasteiger partial charge on any atom is 0.254 e. The second kappa shape index (κ2) is 12.2. The van der Waals surface area contributed by atoms with Crippen molar-refractivity contribution in [2.45, 2.75) is 19.8 Å². The fourth-order valence-corrected chi connectivity index (χ4v) is 5.15. The minimum absolute atomic E-state index is 0.0433. The van der Waals surface area contributed by atoms with E-state index < -0.39 is 5.92 Å². The van der Waals surface area contributed by atoms with Crippen molar-refractivity contribution in [2.24, 2.45) is 0 Å². The van der Waals surface area contributed by atoms with Crippen molar-refractivity contribution in [2.75, 3.05) is 16.4 Å². The number of dihydropyridines is 1. The molecule has 4 rings (SSSR count). The standard InChI is InChI=1S/C28H23Cl2N5O2S/c1-16-3-6-21(13-23(16)30)34-24(36)15-38-28-22(14-31)26(18-9-11-32-12-10-18)25(17(2)33-28)27(37)35-20-7-4-19(29)5-8-20/h3-13,26,33H,15H2,1-2H3,(H,34,36)(H,35,37)/t26-/m1/s1. The molecule has 0 unspecified atom stereocenters. The van der Waals surface area contributed by atoms with Crippen LogP contribution in [-0.2, 0) is 9.59 Å². The summed E-state index contributed by atoms with van der Waals surface area (Å²) >= 11 is 13.3. The first kappa shape index (κ1) is 27.3. The Labute approximate surface area is 234 Å². The molecular weight excluding hydrogens is 541 g/mol. The number of anilines is 2. The van der Waals surface area contributed by atoms with E-state index in [4.69, 9.17) is 23.2 Å². The Hall–Kier alpha value is -3.77. The van der Waals surface area contributed by atoms with Gasteiger partial charge < -0.3 is 16.0 Å². The van der Waals surface area contributed by atoms with Crippen LogP contribution in [0.15, 0.2) is 88.9 Å². The lowest BCUT2D eigenvalue weighted by molar-refractivity contribution is -0.114. The maximum atomic E-state index is 13.5. The third-order valence-corrected chi connectivity index (χ3v) is 7.51. The van der Waals surface area contributed by atoms with Gasteiger partial charge in [0, 0.05) is 45.1 Å². The van der Waals surface area contributed by atoms with Crippen LogP contribution in [-0.4, -0.2) is 22.6 Å². The summed E-state index contributed by atoms with van der Waals surface area (Å²) in [4.78, 5) is 30.2. The number of nitrogens with one attached hydrogen (secondary N) is 3. The van der Waals surface area contributed by atoms with Crippen LogP contribution in [0.5, 0.6) is 0 Å². The smallest absolute Gasteiger partial charge is 0.254 e. The molecule has 7 nitrogen and oxygen atoms in total. The molecule has 0 aliphatic carbocycles. The number of halogens is 2. The molecule has 2 amide bonds. The normalized spacial score (nSPS) is 15.0. The van der Waals surface area contributed by atoms with Crippen LogP contribution in [0, 0.1) is 18.3 Å². The fourth-order valence-electron chi connectivity index (χ4n) is 3.95. The Morgan fingerprint density at radius 2 is 1.71 bits per heavy atom. The van der Waals surface area contributed by atoms with Gasteiger partial charge in [-0.25, -0.2) is 0 Å². The molecule has 0 radical (unpaired) electrons.